The summed E-state index contributed by atoms with van der Waals surface area (Å²) < 4.78 is 9.43. The van der Waals surface area contributed by atoms with Crippen LogP contribution in [0.25, 0.3) is 110 Å². The number of fused-ring (bicyclic) bond motifs is 6. The van der Waals surface area contributed by atoms with Crippen molar-refractivity contribution < 1.29 is 4.42 Å². The van der Waals surface area contributed by atoms with Crippen LogP contribution in [0.4, 0.5) is 0 Å². The Bertz CT molecular complexity index is 3240. The summed E-state index contributed by atoms with van der Waals surface area (Å²) >= 11 is 1.84. The number of aromatic nitrogens is 3. The molecule has 56 heavy (non-hydrogen) atoms. The fourth-order valence-electron chi connectivity index (χ4n) is 7.89. The highest BCUT2D eigenvalue weighted by Gasteiger charge is 2.19. The van der Waals surface area contributed by atoms with Crippen LogP contribution in [-0.2, 0) is 0 Å². The average Bonchev–Trinajstić information content (AvgIpc) is 3.85. The van der Waals surface area contributed by atoms with Gasteiger partial charge in [-0.25, -0.2) is 15.0 Å². The monoisotopic (exact) mass is 733 g/mol. The Morgan fingerprint density at radius 1 is 0.339 bits per heavy atom. The van der Waals surface area contributed by atoms with Gasteiger partial charge < -0.3 is 4.42 Å². The average molecular weight is 734 g/mol. The van der Waals surface area contributed by atoms with Crippen molar-refractivity contribution in [2.75, 3.05) is 0 Å². The van der Waals surface area contributed by atoms with E-state index in [1.807, 2.05) is 47.7 Å². The third-order valence-electron chi connectivity index (χ3n) is 10.6. The van der Waals surface area contributed by atoms with E-state index >= 15 is 0 Å². The molecule has 3 heterocycles. The van der Waals surface area contributed by atoms with Crippen molar-refractivity contribution in [2.45, 2.75) is 0 Å². The van der Waals surface area contributed by atoms with E-state index in [9.17, 15) is 0 Å². The predicted molar refractivity (Wildman–Crippen MR) is 233 cm³/mol. The summed E-state index contributed by atoms with van der Waals surface area (Å²) in [5.41, 5.74) is 11.2. The zero-order valence-electron chi connectivity index (χ0n) is 30.1. The van der Waals surface area contributed by atoms with Gasteiger partial charge in [-0.05, 0) is 52.1 Å². The second-order valence-electron chi connectivity index (χ2n) is 13.9. The van der Waals surface area contributed by atoms with Crippen molar-refractivity contribution in [3.8, 4) is 67.5 Å². The van der Waals surface area contributed by atoms with Gasteiger partial charge in [-0.15, -0.1) is 11.3 Å². The highest BCUT2D eigenvalue weighted by atomic mass is 32.1. The lowest BCUT2D eigenvalue weighted by atomic mass is 9.91. The van der Waals surface area contributed by atoms with E-state index in [1.54, 1.807) is 0 Å². The Morgan fingerprint density at radius 3 is 1.61 bits per heavy atom. The molecule has 8 aromatic carbocycles. The lowest BCUT2D eigenvalue weighted by Gasteiger charge is -2.12. The maximum atomic E-state index is 6.85. The summed E-state index contributed by atoms with van der Waals surface area (Å²) in [7, 11) is 0. The molecule has 0 saturated heterocycles. The number of nitrogens with zero attached hydrogens (tertiary/aromatic N) is 3. The van der Waals surface area contributed by atoms with E-state index in [2.05, 4.69) is 152 Å². The Balaban J connectivity index is 1.04. The van der Waals surface area contributed by atoms with Crippen LogP contribution in [0, 0.1) is 0 Å². The number of benzene rings is 8. The van der Waals surface area contributed by atoms with Crippen molar-refractivity contribution in [1.82, 2.24) is 15.0 Å². The zero-order valence-corrected chi connectivity index (χ0v) is 30.9. The maximum absolute atomic E-state index is 6.85. The summed E-state index contributed by atoms with van der Waals surface area (Å²) in [4.78, 5) is 15.0. The minimum absolute atomic E-state index is 0.588. The van der Waals surface area contributed by atoms with Crippen molar-refractivity contribution in [2.24, 2.45) is 0 Å². The van der Waals surface area contributed by atoms with Crippen LogP contribution in [0.1, 0.15) is 0 Å². The van der Waals surface area contributed by atoms with Gasteiger partial charge in [0, 0.05) is 53.2 Å². The molecule has 0 spiro atoms. The third-order valence-corrected chi connectivity index (χ3v) is 11.7. The zero-order chi connectivity index (χ0) is 37.0. The van der Waals surface area contributed by atoms with Gasteiger partial charge in [-0.1, -0.05) is 164 Å². The summed E-state index contributed by atoms with van der Waals surface area (Å²) in [5, 5.41) is 4.69. The Labute approximate surface area is 327 Å². The minimum Gasteiger partial charge on any atom is -0.455 e. The Hall–Kier alpha value is -7.21. The standard InChI is InChI=1S/C51H31N3OS/c1-3-13-32(14-4-1)33-25-27-35(28-26-33)50-52-49(34-15-5-2-6-16-34)53-51(54-50)36-29-30-39-42-22-11-21-41(48(42)55-44(39)31-36)38-18-8-7-17-37(38)40-20-12-24-46-47(40)43-19-9-10-23-45(43)56-46/h1-31H. The number of rotatable bonds is 6. The third kappa shape index (κ3) is 5.48. The van der Waals surface area contributed by atoms with E-state index in [1.165, 1.54) is 36.9 Å². The SMILES string of the molecule is c1ccc(-c2ccc(-c3nc(-c4ccccc4)nc(-c4ccc5c(c4)oc4c(-c6ccccc6-c6cccc7sc8ccccc8c67)cccc45)n3)cc2)cc1. The number of hydrogen-bond acceptors (Lipinski definition) is 5. The molecular weight excluding hydrogens is 703 g/mol. The second-order valence-corrected chi connectivity index (χ2v) is 15.0. The molecule has 262 valence electrons. The van der Waals surface area contributed by atoms with Crippen LogP contribution < -0.4 is 0 Å². The molecule has 0 aliphatic carbocycles. The highest BCUT2D eigenvalue weighted by molar-refractivity contribution is 7.25. The normalized spacial score (nSPS) is 11.6. The van der Waals surface area contributed by atoms with Crippen molar-refractivity contribution >= 4 is 53.4 Å². The molecule has 0 fully saturated rings. The number of thiophene rings is 1. The molecule has 0 aliphatic rings. The summed E-state index contributed by atoms with van der Waals surface area (Å²) in [5.74, 6) is 1.82. The first-order chi connectivity index (χ1) is 27.7. The molecule has 11 aromatic rings. The van der Waals surface area contributed by atoms with Gasteiger partial charge in [0.2, 0.25) is 0 Å². The molecule has 4 nitrogen and oxygen atoms in total. The molecule has 0 aliphatic heterocycles. The first-order valence-corrected chi connectivity index (χ1v) is 19.5. The summed E-state index contributed by atoms with van der Waals surface area (Å²) in [6, 6.07) is 65.6. The summed E-state index contributed by atoms with van der Waals surface area (Å²) in [6.07, 6.45) is 0. The molecule has 0 radical (unpaired) electrons. The van der Waals surface area contributed by atoms with Crippen LogP contribution in [0.15, 0.2) is 192 Å². The van der Waals surface area contributed by atoms with Gasteiger partial charge in [0.25, 0.3) is 0 Å². The van der Waals surface area contributed by atoms with Crippen LogP contribution in [-0.4, -0.2) is 15.0 Å². The highest BCUT2D eigenvalue weighted by Crippen LogP contribution is 2.45. The first kappa shape index (κ1) is 32.2. The molecule has 0 N–H and O–H groups in total. The van der Waals surface area contributed by atoms with Crippen LogP contribution >= 0.6 is 11.3 Å². The van der Waals surface area contributed by atoms with E-state index in [0.29, 0.717) is 17.5 Å². The number of furan rings is 1. The van der Waals surface area contributed by atoms with Crippen LogP contribution in [0.2, 0.25) is 0 Å². The fraction of sp³-hybridized carbons (Fsp3) is 0. The first-order valence-electron chi connectivity index (χ1n) is 18.7. The van der Waals surface area contributed by atoms with Gasteiger partial charge in [0.15, 0.2) is 17.5 Å². The van der Waals surface area contributed by atoms with E-state index in [-0.39, 0.29) is 0 Å². The molecule has 0 saturated carbocycles. The van der Waals surface area contributed by atoms with Gasteiger partial charge in [0.1, 0.15) is 11.2 Å². The molecule has 5 heteroatoms. The molecule has 0 unspecified atom stereocenters. The molecular formula is C51H31N3OS. The van der Waals surface area contributed by atoms with Gasteiger partial charge in [-0.3, -0.25) is 0 Å². The second kappa shape index (κ2) is 13.3. The fourth-order valence-corrected chi connectivity index (χ4v) is 9.03. The lowest BCUT2D eigenvalue weighted by molar-refractivity contribution is 0.670. The van der Waals surface area contributed by atoms with E-state index < -0.39 is 0 Å². The van der Waals surface area contributed by atoms with E-state index in [4.69, 9.17) is 19.4 Å². The smallest absolute Gasteiger partial charge is 0.164 e. The molecule has 11 rings (SSSR count). The quantitative estimate of drug-likeness (QED) is 0.171. The summed E-state index contributed by atoms with van der Waals surface area (Å²) in [6.45, 7) is 0. The van der Waals surface area contributed by atoms with E-state index in [0.717, 1.165) is 55.3 Å². The Morgan fingerprint density at radius 2 is 0.839 bits per heavy atom. The van der Waals surface area contributed by atoms with Crippen molar-refractivity contribution in [1.29, 1.82) is 0 Å². The number of para-hydroxylation sites is 1. The molecule has 0 bridgehead atoms. The largest absolute Gasteiger partial charge is 0.455 e. The van der Waals surface area contributed by atoms with Gasteiger partial charge in [-0.2, -0.15) is 0 Å². The Kier molecular flexibility index (Phi) is 7.64. The van der Waals surface area contributed by atoms with Gasteiger partial charge >= 0.3 is 0 Å². The minimum atomic E-state index is 0.588. The van der Waals surface area contributed by atoms with Crippen LogP contribution in [0.3, 0.4) is 0 Å². The predicted octanol–water partition coefficient (Wildman–Crippen LogP) is 14.1. The molecule has 3 aromatic heterocycles. The maximum Gasteiger partial charge on any atom is 0.164 e. The van der Waals surface area contributed by atoms with Gasteiger partial charge in [0.05, 0.1) is 0 Å². The topological polar surface area (TPSA) is 51.8 Å². The molecule has 0 atom stereocenters. The lowest BCUT2D eigenvalue weighted by Crippen LogP contribution is -2.00. The van der Waals surface area contributed by atoms with Crippen molar-refractivity contribution in [3.05, 3.63) is 188 Å². The molecule has 0 amide bonds. The van der Waals surface area contributed by atoms with Crippen LogP contribution in [0.5, 0.6) is 0 Å². The van der Waals surface area contributed by atoms with Crippen molar-refractivity contribution in [3.63, 3.8) is 0 Å². The number of hydrogen-bond donors (Lipinski definition) is 0.